The van der Waals surface area contributed by atoms with E-state index in [2.05, 4.69) is 123 Å². The first-order valence-corrected chi connectivity index (χ1v) is 11.2. The fourth-order valence-electron chi connectivity index (χ4n) is 5.18. The Morgan fingerprint density at radius 1 is 0.375 bits per heavy atom. The zero-order valence-corrected chi connectivity index (χ0v) is 18.4. The van der Waals surface area contributed by atoms with Crippen molar-refractivity contribution in [3.8, 4) is 22.3 Å². The van der Waals surface area contributed by atoms with Gasteiger partial charge in [-0.15, -0.1) is 0 Å². The van der Waals surface area contributed by atoms with Gasteiger partial charge in [0.1, 0.15) is 0 Å². The van der Waals surface area contributed by atoms with E-state index in [-0.39, 0.29) is 0 Å². The summed E-state index contributed by atoms with van der Waals surface area (Å²) in [4.78, 5) is 0. The molecule has 0 heteroatoms. The molecule has 0 saturated heterocycles. The second kappa shape index (κ2) is 7.35. The van der Waals surface area contributed by atoms with E-state index in [1.54, 1.807) is 0 Å². The van der Waals surface area contributed by atoms with Gasteiger partial charge in [0.25, 0.3) is 0 Å². The Bertz CT molecular complexity index is 1520. The molecule has 0 radical (unpaired) electrons. The molecule has 0 aromatic heterocycles. The average Bonchev–Trinajstić information content (AvgIpc) is 2.83. The molecule has 0 fully saturated rings. The van der Waals surface area contributed by atoms with Crippen molar-refractivity contribution in [2.24, 2.45) is 0 Å². The molecule has 0 nitrogen and oxygen atoms in total. The van der Waals surface area contributed by atoms with E-state index in [0.717, 1.165) is 0 Å². The number of hydrogen-bond acceptors (Lipinski definition) is 0. The summed E-state index contributed by atoms with van der Waals surface area (Å²) < 4.78 is 0. The Labute approximate surface area is 188 Å². The quantitative estimate of drug-likeness (QED) is 0.251. The fraction of sp³-hybridized carbons (Fsp3) is 0.0625. The van der Waals surface area contributed by atoms with Gasteiger partial charge in [0.2, 0.25) is 0 Å². The maximum absolute atomic E-state index is 2.40. The molecule has 0 heterocycles. The summed E-state index contributed by atoms with van der Waals surface area (Å²) >= 11 is 0. The Hall–Kier alpha value is -3.90. The van der Waals surface area contributed by atoms with Crippen LogP contribution >= 0.6 is 0 Å². The molecule has 0 aliphatic rings. The van der Waals surface area contributed by atoms with Gasteiger partial charge in [0.05, 0.1) is 0 Å². The van der Waals surface area contributed by atoms with E-state index in [4.69, 9.17) is 0 Å². The van der Waals surface area contributed by atoms with Gasteiger partial charge in [-0.25, -0.2) is 0 Å². The highest BCUT2D eigenvalue weighted by molar-refractivity contribution is 6.25. The molecule has 0 amide bonds. The molecule has 0 atom stereocenters. The number of rotatable bonds is 2. The van der Waals surface area contributed by atoms with Crippen LogP contribution in [0, 0.1) is 13.8 Å². The van der Waals surface area contributed by atoms with E-state index in [0.29, 0.717) is 0 Å². The number of benzene rings is 6. The van der Waals surface area contributed by atoms with Gasteiger partial charge in [-0.3, -0.25) is 0 Å². The van der Waals surface area contributed by atoms with Crippen LogP contribution in [0.3, 0.4) is 0 Å². The van der Waals surface area contributed by atoms with Gasteiger partial charge in [-0.1, -0.05) is 97.1 Å². The summed E-state index contributed by atoms with van der Waals surface area (Å²) in [6.45, 7) is 4.40. The Kier molecular flexibility index (Phi) is 4.33. The maximum Gasteiger partial charge on any atom is -0.00259 e. The third kappa shape index (κ3) is 2.84. The zero-order valence-electron chi connectivity index (χ0n) is 18.4. The van der Waals surface area contributed by atoms with Gasteiger partial charge in [-0.2, -0.15) is 0 Å². The van der Waals surface area contributed by atoms with Crippen molar-refractivity contribution in [1.82, 2.24) is 0 Å². The van der Waals surface area contributed by atoms with Crippen LogP contribution in [-0.4, -0.2) is 0 Å². The molecule has 0 saturated carbocycles. The second-order valence-corrected chi connectivity index (χ2v) is 8.67. The average molecular weight is 409 g/mol. The SMILES string of the molecule is Cc1ccccc1-c1cc2cc(-c3ccccc3C)c3ccccc3c2c2ccccc12. The molecule has 6 aromatic carbocycles. The molecule has 6 aromatic rings. The topological polar surface area (TPSA) is 0 Å². The summed E-state index contributed by atoms with van der Waals surface area (Å²) in [5.41, 5.74) is 7.82. The van der Waals surface area contributed by atoms with Gasteiger partial charge in [0.15, 0.2) is 0 Å². The predicted molar refractivity (Wildman–Crippen MR) is 139 cm³/mol. The Morgan fingerprint density at radius 3 is 1.19 bits per heavy atom. The van der Waals surface area contributed by atoms with Crippen LogP contribution in [0.5, 0.6) is 0 Å². The van der Waals surface area contributed by atoms with Crippen molar-refractivity contribution >= 4 is 32.3 Å². The standard InChI is InChI=1S/C32H24/c1-21-11-3-5-13-24(21)30-19-23-20-31(25-14-6-4-12-22(25)2)27-16-8-10-18-29(27)32(23)28-17-9-7-15-26(28)30/h3-20H,1-2H3. The molecule has 0 N–H and O–H groups in total. The highest BCUT2D eigenvalue weighted by Gasteiger charge is 2.15. The van der Waals surface area contributed by atoms with Crippen LogP contribution < -0.4 is 0 Å². The second-order valence-electron chi connectivity index (χ2n) is 8.67. The largest absolute Gasteiger partial charge is 0.0620 e. The van der Waals surface area contributed by atoms with Crippen molar-refractivity contribution in [3.63, 3.8) is 0 Å². The van der Waals surface area contributed by atoms with E-state index in [1.807, 2.05) is 0 Å². The zero-order chi connectivity index (χ0) is 21.7. The lowest BCUT2D eigenvalue weighted by atomic mass is 9.86. The van der Waals surface area contributed by atoms with Gasteiger partial charge >= 0.3 is 0 Å². The van der Waals surface area contributed by atoms with Crippen LogP contribution in [0.4, 0.5) is 0 Å². The van der Waals surface area contributed by atoms with E-state index < -0.39 is 0 Å². The third-order valence-corrected chi connectivity index (χ3v) is 6.73. The smallest absolute Gasteiger partial charge is 0.00259 e. The summed E-state index contributed by atoms with van der Waals surface area (Å²) in [5, 5.41) is 7.88. The first-order chi connectivity index (χ1) is 15.7. The molecule has 0 bridgehead atoms. The Balaban J connectivity index is 1.82. The molecule has 6 rings (SSSR count). The van der Waals surface area contributed by atoms with Crippen molar-refractivity contribution in [3.05, 3.63) is 120 Å². The monoisotopic (exact) mass is 408 g/mol. The van der Waals surface area contributed by atoms with Crippen LogP contribution in [0.25, 0.3) is 54.6 Å². The minimum Gasteiger partial charge on any atom is -0.0620 e. The first kappa shape index (κ1) is 18.8. The summed E-state index contributed by atoms with van der Waals surface area (Å²) in [6, 6.07) is 39.9. The van der Waals surface area contributed by atoms with Crippen LogP contribution in [0.1, 0.15) is 11.1 Å². The first-order valence-electron chi connectivity index (χ1n) is 11.2. The molecular formula is C32H24. The van der Waals surface area contributed by atoms with Crippen LogP contribution in [0.2, 0.25) is 0 Å². The molecule has 32 heavy (non-hydrogen) atoms. The minimum absolute atomic E-state index is 1.29. The number of hydrogen-bond donors (Lipinski definition) is 0. The van der Waals surface area contributed by atoms with Gasteiger partial charge in [0, 0.05) is 0 Å². The highest BCUT2D eigenvalue weighted by atomic mass is 14.2. The third-order valence-electron chi connectivity index (χ3n) is 6.73. The van der Waals surface area contributed by atoms with Crippen molar-refractivity contribution < 1.29 is 0 Å². The van der Waals surface area contributed by atoms with Crippen LogP contribution in [0.15, 0.2) is 109 Å². The lowest BCUT2D eigenvalue weighted by Gasteiger charge is -2.17. The molecule has 0 unspecified atom stereocenters. The molecular weight excluding hydrogens is 384 g/mol. The lowest BCUT2D eigenvalue weighted by Crippen LogP contribution is -1.91. The summed E-state index contributed by atoms with van der Waals surface area (Å²) in [7, 11) is 0. The molecule has 0 spiro atoms. The van der Waals surface area contributed by atoms with Crippen molar-refractivity contribution in [2.45, 2.75) is 13.8 Å². The predicted octanol–water partition coefficient (Wildman–Crippen LogP) is 9.10. The van der Waals surface area contributed by atoms with Crippen molar-refractivity contribution in [1.29, 1.82) is 0 Å². The van der Waals surface area contributed by atoms with Crippen LogP contribution in [-0.2, 0) is 0 Å². The molecule has 0 aliphatic heterocycles. The van der Waals surface area contributed by atoms with E-state index in [1.165, 1.54) is 65.7 Å². The van der Waals surface area contributed by atoms with E-state index >= 15 is 0 Å². The molecule has 0 aliphatic carbocycles. The Morgan fingerprint density at radius 2 is 0.750 bits per heavy atom. The van der Waals surface area contributed by atoms with E-state index in [9.17, 15) is 0 Å². The number of fused-ring (bicyclic) bond motifs is 5. The molecule has 152 valence electrons. The normalized spacial score (nSPS) is 11.4. The van der Waals surface area contributed by atoms with Gasteiger partial charge in [-0.05, 0) is 91.7 Å². The number of aryl methyl sites for hydroxylation is 2. The summed E-state index contributed by atoms with van der Waals surface area (Å²) in [6.07, 6.45) is 0. The van der Waals surface area contributed by atoms with Gasteiger partial charge < -0.3 is 0 Å². The lowest BCUT2D eigenvalue weighted by molar-refractivity contribution is 1.47. The summed E-state index contributed by atoms with van der Waals surface area (Å²) in [5.74, 6) is 0. The van der Waals surface area contributed by atoms with Crippen molar-refractivity contribution in [2.75, 3.05) is 0 Å². The fourth-order valence-corrected chi connectivity index (χ4v) is 5.18. The maximum atomic E-state index is 2.40. The highest BCUT2D eigenvalue weighted by Crippen LogP contribution is 2.42. The minimum atomic E-state index is 1.29.